The van der Waals surface area contributed by atoms with Gasteiger partial charge in [0, 0.05) is 23.5 Å². The minimum absolute atomic E-state index is 0.158. The van der Waals surface area contributed by atoms with Gasteiger partial charge in [-0.1, -0.05) is 0 Å². The molecule has 7 nitrogen and oxygen atoms in total. The molecule has 0 aliphatic heterocycles. The number of hydrogen-bond donors (Lipinski definition) is 2. The van der Waals surface area contributed by atoms with Crippen LogP contribution < -0.4 is 5.84 Å². The largest absolute Gasteiger partial charge is 0.480 e. The van der Waals surface area contributed by atoms with Crippen LogP contribution in [-0.4, -0.2) is 33.8 Å². The number of carboxylic acids is 1. The summed E-state index contributed by atoms with van der Waals surface area (Å²) < 4.78 is 2.41. The van der Waals surface area contributed by atoms with Crippen LogP contribution >= 0.6 is 11.9 Å². The van der Waals surface area contributed by atoms with E-state index in [0.29, 0.717) is 17.0 Å². The molecule has 0 aliphatic rings. The first-order valence-electron chi connectivity index (χ1n) is 3.22. The summed E-state index contributed by atoms with van der Waals surface area (Å²) in [6, 6.07) is -1.22. The van der Waals surface area contributed by atoms with Gasteiger partial charge in [0.2, 0.25) is 5.91 Å². The molecule has 0 rings (SSSR count). The first kappa shape index (κ1) is 11.8. The molecule has 8 heteroatoms. The first-order valence-corrected chi connectivity index (χ1v) is 4.17. The molecular formula is C5H9N3O4S. The number of nitrogens with two attached hydrogens (primary N) is 1. The Balaban J connectivity index is 4.31. The van der Waals surface area contributed by atoms with Crippen LogP contribution in [0, 0.1) is 4.91 Å². The number of amides is 1. The van der Waals surface area contributed by atoms with Gasteiger partial charge in [0.15, 0.2) is 6.04 Å². The van der Waals surface area contributed by atoms with E-state index < -0.39 is 17.9 Å². The van der Waals surface area contributed by atoms with Gasteiger partial charge in [-0.3, -0.25) is 9.80 Å². The molecule has 0 saturated heterocycles. The molecule has 1 atom stereocenters. The fourth-order valence-electron chi connectivity index (χ4n) is 0.591. The number of aliphatic carboxylic acids is 1. The summed E-state index contributed by atoms with van der Waals surface area (Å²) in [6.07, 6.45) is 0. The fourth-order valence-corrected chi connectivity index (χ4v) is 1.10. The van der Waals surface area contributed by atoms with Crippen molar-refractivity contribution in [2.45, 2.75) is 13.0 Å². The van der Waals surface area contributed by atoms with E-state index >= 15 is 0 Å². The minimum Gasteiger partial charge on any atom is -0.480 e. The summed E-state index contributed by atoms with van der Waals surface area (Å²) in [6.45, 7) is 1.13. The Morgan fingerprint density at radius 3 is 2.54 bits per heavy atom. The maximum atomic E-state index is 10.7. The number of rotatable bonds is 5. The summed E-state index contributed by atoms with van der Waals surface area (Å²) >= 11 is 0.505. The van der Waals surface area contributed by atoms with Crippen molar-refractivity contribution in [3.05, 3.63) is 4.91 Å². The van der Waals surface area contributed by atoms with E-state index in [9.17, 15) is 14.5 Å². The Morgan fingerprint density at radius 2 is 2.23 bits per heavy atom. The topological polar surface area (TPSA) is 113 Å². The lowest BCUT2D eigenvalue weighted by molar-refractivity contribution is -0.148. The highest BCUT2D eigenvalue weighted by molar-refractivity contribution is 7.97. The van der Waals surface area contributed by atoms with Crippen LogP contribution in [0.25, 0.3) is 0 Å². The van der Waals surface area contributed by atoms with Crippen LogP contribution in [0.3, 0.4) is 0 Å². The van der Waals surface area contributed by atoms with E-state index in [0.717, 1.165) is 6.92 Å². The second-order valence-corrected chi connectivity index (χ2v) is 2.89. The normalized spacial score (nSPS) is 11.8. The zero-order chi connectivity index (χ0) is 10.4. The van der Waals surface area contributed by atoms with Crippen LogP contribution in [-0.2, 0) is 9.59 Å². The zero-order valence-electron chi connectivity index (χ0n) is 6.84. The number of carbonyl (C=O) groups is 2. The molecule has 0 aliphatic carbocycles. The third kappa shape index (κ3) is 3.85. The van der Waals surface area contributed by atoms with Gasteiger partial charge in [-0.15, -0.1) is 4.91 Å². The van der Waals surface area contributed by atoms with E-state index in [-0.39, 0.29) is 5.75 Å². The third-order valence-corrected chi connectivity index (χ3v) is 1.84. The van der Waals surface area contributed by atoms with Gasteiger partial charge >= 0.3 is 5.97 Å². The Bertz CT molecular complexity index is 222. The van der Waals surface area contributed by atoms with Gasteiger partial charge in [-0.2, -0.15) is 0 Å². The molecule has 13 heavy (non-hydrogen) atoms. The molecule has 0 aromatic heterocycles. The predicted molar refractivity (Wildman–Crippen MR) is 46.4 cm³/mol. The second kappa shape index (κ2) is 5.49. The minimum atomic E-state index is -1.27. The molecule has 1 amide bonds. The maximum Gasteiger partial charge on any atom is 0.328 e. The van der Waals surface area contributed by atoms with Crippen LogP contribution in [0.15, 0.2) is 4.58 Å². The number of carbonyl (C=O) groups excluding carboxylic acids is 1. The van der Waals surface area contributed by atoms with E-state index in [4.69, 9.17) is 10.9 Å². The fraction of sp³-hybridized carbons (Fsp3) is 0.600. The van der Waals surface area contributed by atoms with Crippen LogP contribution in [0.2, 0.25) is 0 Å². The molecule has 0 bridgehead atoms. The Kier molecular flexibility index (Phi) is 5.00. The molecule has 3 N–H and O–H groups in total. The zero-order valence-corrected chi connectivity index (χ0v) is 7.65. The van der Waals surface area contributed by atoms with Gasteiger partial charge in [-0.05, 0) is 0 Å². The van der Waals surface area contributed by atoms with Crippen molar-refractivity contribution in [1.82, 2.24) is 5.01 Å². The highest BCUT2D eigenvalue weighted by Crippen LogP contribution is 2.07. The summed E-state index contributed by atoms with van der Waals surface area (Å²) in [5, 5.41) is 9.14. The molecule has 0 heterocycles. The van der Waals surface area contributed by atoms with Gasteiger partial charge in [0.1, 0.15) is 0 Å². The Labute approximate surface area is 78.3 Å². The second-order valence-electron chi connectivity index (χ2n) is 2.15. The summed E-state index contributed by atoms with van der Waals surface area (Å²) in [5.41, 5.74) is 0. The SMILES string of the molecule is CC(=O)N(N)[C@@H](CSN=O)C(=O)O. The van der Waals surface area contributed by atoms with Crippen molar-refractivity contribution >= 4 is 23.8 Å². The molecule has 0 aromatic rings. The van der Waals surface area contributed by atoms with E-state index in [1.54, 1.807) is 0 Å². The molecule has 0 saturated carbocycles. The van der Waals surface area contributed by atoms with Gasteiger partial charge < -0.3 is 5.11 Å². The molecule has 74 valence electrons. The highest BCUT2D eigenvalue weighted by Gasteiger charge is 2.25. The molecule has 0 radical (unpaired) electrons. The highest BCUT2D eigenvalue weighted by atomic mass is 32.2. The van der Waals surface area contributed by atoms with E-state index in [1.807, 2.05) is 0 Å². The van der Waals surface area contributed by atoms with Gasteiger partial charge in [-0.25, -0.2) is 10.6 Å². The lowest BCUT2D eigenvalue weighted by Crippen LogP contribution is -2.50. The first-order chi connectivity index (χ1) is 6.00. The maximum absolute atomic E-state index is 10.7. The molecular weight excluding hydrogens is 198 g/mol. The molecule has 0 spiro atoms. The summed E-state index contributed by atoms with van der Waals surface area (Å²) in [7, 11) is 0. The van der Waals surface area contributed by atoms with Crippen molar-refractivity contribution in [3.8, 4) is 0 Å². The monoisotopic (exact) mass is 207 g/mol. The lowest BCUT2D eigenvalue weighted by Gasteiger charge is -2.20. The summed E-state index contributed by atoms with van der Waals surface area (Å²) in [5.74, 6) is 3.14. The van der Waals surface area contributed by atoms with Gasteiger partial charge in [0.25, 0.3) is 0 Å². The Hall–Kier alpha value is -1.15. The average Bonchev–Trinajstić information content (AvgIpc) is 2.04. The molecule has 0 fully saturated rings. The lowest BCUT2D eigenvalue weighted by atomic mass is 10.3. The van der Waals surface area contributed by atoms with Crippen molar-refractivity contribution in [3.63, 3.8) is 0 Å². The summed E-state index contributed by atoms with van der Waals surface area (Å²) in [4.78, 5) is 30.9. The van der Waals surface area contributed by atoms with Crippen LogP contribution in [0.4, 0.5) is 0 Å². The third-order valence-electron chi connectivity index (χ3n) is 1.27. The molecule has 0 unspecified atom stereocenters. The van der Waals surface area contributed by atoms with Crippen LogP contribution in [0.5, 0.6) is 0 Å². The van der Waals surface area contributed by atoms with Crippen molar-refractivity contribution in [2.75, 3.05) is 5.75 Å². The average molecular weight is 207 g/mol. The van der Waals surface area contributed by atoms with E-state index in [1.165, 1.54) is 0 Å². The van der Waals surface area contributed by atoms with Gasteiger partial charge in [0.05, 0.1) is 5.75 Å². The van der Waals surface area contributed by atoms with Crippen molar-refractivity contribution in [1.29, 1.82) is 0 Å². The predicted octanol–water partition coefficient (Wildman–Crippen LogP) is -0.424. The van der Waals surface area contributed by atoms with E-state index in [2.05, 4.69) is 4.58 Å². The van der Waals surface area contributed by atoms with Crippen molar-refractivity contribution < 1.29 is 14.7 Å². The Morgan fingerprint density at radius 1 is 1.69 bits per heavy atom. The van der Waals surface area contributed by atoms with Crippen molar-refractivity contribution in [2.24, 2.45) is 10.4 Å². The number of hydrazine groups is 1. The quantitative estimate of drug-likeness (QED) is 0.208. The van der Waals surface area contributed by atoms with Crippen LogP contribution in [0.1, 0.15) is 6.92 Å². The number of carboxylic acid groups (broad SMARTS) is 1. The smallest absolute Gasteiger partial charge is 0.328 e. The standard InChI is InChI=1S/C5H9N3O4S/c1-3(9)8(6)4(5(10)11)2-13-7-12/h4H,2,6H2,1H3,(H,10,11)/t4-/m0/s1. The molecule has 0 aromatic carbocycles. The number of nitroso groups, excluding NO2 is 1. The number of nitrogens with zero attached hydrogens (tertiary/aromatic N) is 2. The number of hydrogen-bond acceptors (Lipinski definition) is 6.